The van der Waals surface area contributed by atoms with Crippen LogP contribution in [0.1, 0.15) is 41.5 Å². The van der Waals surface area contributed by atoms with Gasteiger partial charge in [0.2, 0.25) is 0 Å². The highest BCUT2D eigenvalue weighted by Crippen LogP contribution is 2.36. The third kappa shape index (κ3) is 1.82. The number of hydrogen-bond acceptors (Lipinski definition) is 1. The molecule has 0 atom stereocenters. The van der Waals surface area contributed by atoms with E-state index in [1.54, 1.807) is 0 Å². The molecule has 0 heterocycles. The predicted molar refractivity (Wildman–Crippen MR) is 54.3 cm³/mol. The average molecular weight is 172 g/mol. The van der Waals surface area contributed by atoms with Crippen molar-refractivity contribution >= 4 is 0 Å². The summed E-state index contributed by atoms with van der Waals surface area (Å²) in [5, 5.41) is 0. The molecule has 74 valence electrons. The SMILES string of the molecule is COC(C(C)C)(C(C)C)C(C)C. The average Bonchev–Trinajstić information content (AvgIpc) is 1.86. The quantitative estimate of drug-likeness (QED) is 0.632. The van der Waals surface area contributed by atoms with Crippen molar-refractivity contribution in [1.82, 2.24) is 0 Å². The van der Waals surface area contributed by atoms with Crippen molar-refractivity contribution in [1.29, 1.82) is 0 Å². The molecule has 0 fully saturated rings. The first kappa shape index (κ1) is 12.0. The van der Waals surface area contributed by atoms with Crippen molar-refractivity contribution in [2.75, 3.05) is 7.11 Å². The van der Waals surface area contributed by atoms with Gasteiger partial charge in [-0.1, -0.05) is 41.5 Å². The van der Waals surface area contributed by atoms with Crippen LogP contribution in [0.15, 0.2) is 0 Å². The van der Waals surface area contributed by atoms with Gasteiger partial charge in [0.15, 0.2) is 0 Å². The minimum absolute atomic E-state index is 0.0417. The Kier molecular flexibility index (Phi) is 4.25. The van der Waals surface area contributed by atoms with Crippen LogP contribution in [0.3, 0.4) is 0 Å². The third-order valence-corrected chi connectivity index (χ3v) is 3.06. The van der Waals surface area contributed by atoms with Gasteiger partial charge < -0.3 is 4.74 Å². The van der Waals surface area contributed by atoms with Crippen molar-refractivity contribution in [3.05, 3.63) is 0 Å². The Balaban J connectivity index is 4.77. The summed E-state index contributed by atoms with van der Waals surface area (Å²) in [4.78, 5) is 0. The predicted octanol–water partition coefficient (Wildman–Crippen LogP) is 3.34. The van der Waals surface area contributed by atoms with E-state index in [0.29, 0.717) is 17.8 Å². The van der Waals surface area contributed by atoms with Crippen LogP contribution in [0, 0.1) is 17.8 Å². The Morgan fingerprint density at radius 3 is 1.00 bits per heavy atom. The van der Waals surface area contributed by atoms with Gasteiger partial charge >= 0.3 is 0 Å². The van der Waals surface area contributed by atoms with Crippen molar-refractivity contribution < 1.29 is 4.74 Å². The molecule has 0 aromatic rings. The Morgan fingerprint density at radius 1 is 0.750 bits per heavy atom. The van der Waals surface area contributed by atoms with Gasteiger partial charge in [-0.05, 0) is 17.8 Å². The number of hydrogen-bond donors (Lipinski definition) is 0. The fraction of sp³-hybridized carbons (Fsp3) is 1.00. The number of methoxy groups -OCH3 is 1. The fourth-order valence-corrected chi connectivity index (χ4v) is 2.71. The van der Waals surface area contributed by atoms with Crippen molar-refractivity contribution in [2.45, 2.75) is 47.1 Å². The fourth-order valence-electron chi connectivity index (χ4n) is 2.71. The highest BCUT2D eigenvalue weighted by Gasteiger charge is 2.39. The van der Waals surface area contributed by atoms with E-state index in [9.17, 15) is 0 Å². The molecule has 12 heavy (non-hydrogen) atoms. The zero-order valence-corrected chi connectivity index (χ0v) is 9.64. The van der Waals surface area contributed by atoms with Gasteiger partial charge in [-0.25, -0.2) is 0 Å². The summed E-state index contributed by atoms with van der Waals surface area (Å²) in [7, 11) is 1.83. The third-order valence-electron chi connectivity index (χ3n) is 3.06. The minimum atomic E-state index is 0.0417. The van der Waals surface area contributed by atoms with Gasteiger partial charge in [-0.2, -0.15) is 0 Å². The molecule has 0 aromatic carbocycles. The molecule has 0 unspecified atom stereocenters. The second-order valence-corrected chi connectivity index (χ2v) is 4.52. The first-order chi connectivity index (χ1) is 5.39. The molecule has 0 bridgehead atoms. The molecule has 0 saturated heterocycles. The molecule has 0 N–H and O–H groups in total. The highest BCUT2D eigenvalue weighted by atomic mass is 16.5. The van der Waals surface area contributed by atoms with Crippen LogP contribution in [-0.4, -0.2) is 12.7 Å². The Bertz CT molecular complexity index is 103. The van der Waals surface area contributed by atoms with Gasteiger partial charge in [-0.3, -0.25) is 0 Å². The Labute approximate surface area is 77.5 Å². The van der Waals surface area contributed by atoms with E-state index in [0.717, 1.165) is 0 Å². The lowest BCUT2D eigenvalue weighted by molar-refractivity contribution is -0.117. The summed E-state index contributed by atoms with van der Waals surface area (Å²) in [5.41, 5.74) is 0.0417. The molecule has 1 nitrogen and oxygen atoms in total. The minimum Gasteiger partial charge on any atom is -0.377 e. The lowest BCUT2D eigenvalue weighted by Gasteiger charge is -2.43. The largest absolute Gasteiger partial charge is 0.377 e. The Morgan fingerprint density at radius 2 is 1.00 bits per heavy atom. The van der Waals surface area contributed by atoms with E-state index in [1.165, 1.54) is 0 Å². The molecule has 0 rings (SSSR count). The van der Waals surface area contributed by atoms with Gasteiger partial charge in [0.1, 0.15) is 0 Å². The van der Waals surface area contributed by atoms with Crippen molar-refractivity contribution in [3.8, 4) is 0 Å². The summed E-state index contributed by atoms with van der Waals surface area (Å²) in [6.07, 6.45) is 0. The maximum atomic E-state index is 5.72. The lowest BCUT2D eigenvalue weighted by Crippen LogP contribution is -2.47. The highest BCUT2D eigenvalue weighted by molar-refractivity contribution is 4.89. The molecule has 0 aromatic heterocycles. The zero-order valence-electron chi connectivity index (χ0n) is 9.64. The summed E-state index contributed by atoms with van der Waals surface area (Å²) >= 11 is 0. The molecular formula is C11H24O. The normalized spacial score (nSPS) is 13.5. The summed E-state index contributed by atoms with van der Waals surface area (Å²) in [5.74, 6) is 1.72. The smallest absolute Gasteiger partial charge is 0.0746 e. The molecule has 0 aliphatic heterocycles. The lowest BCUT2D eigenvalue weighted by atomic mass is 9.72. The van der Waals surface area contributed by atoms with Crippen LogP contribution in [0.5, 0.6) is 0 Å². The van der Waals surface area contributed by atoms with E-state index in [-0.39, 0.29) is 5.60 Å². The van der Waals surface area contributed by atoms with Crippen LogP contribution < -0.4 is 0 Å². The van der Waals surface area contributed by atoms with E-state index in [1.807, 2.05) is 7.11 Å². The molecule has 0 amide bonds. The zero-order chi connectivity index (χ0) is 9.94. The van der Waals surface area contributed by atoms with Gasteiger partial charge in [0.05, 0.1) is 5.60 Å². The molecule has 0 radical (unpaired) electrons. The topological polar surface area (TPSA) is 9.23 Å². The monoisotopic (exact) mass is 172 g/mol. The van der Waals surface area contributed by atoms with Crippen LogP contribution in [0.4, 0.5) is 0 Å². The van der Waals surface area contributed by atoms with Crippen LogP contribution in [0.2, 0.25) is 0 Å². The first-order valence-corrected chi connectivity index (χ1v) is 4.94. The number of rotatable bonds is 4. The van der Waals surface area contributed by atoms with Crippen LogP contribution >= 0.6 is 0 Å². The van der Waals surface area contributed by atoms with Crippen molar-refractivity contribution in [3.63, 3.8) is 0 Å². The van der Waals surface area contributed by atoms with Crippen LogP contribution in [0.25, 0.3) is 0 Å². The van der Waals surface area contributed by atoms with E-state index >= 15 is 0 Å². The molecule has 0 aliphatic carbocycles. The molecule has 0 aliphatic rings. The summed E-state index contributed by atoms with van der Waals surface area (Å²) < 4.78 is 5.72. The standard InChI is InChI=1S/C11H24O/c1-8(2)11(12-7,9(3)4)10(5)6/h8-10H,1-7H3. The summed E-state index contributed by atoms with van der Waals surface area (Å²) in [6, 6.07) is 0. The first-order valence-electron chi connectivity index (χ1n) is 4.94. The van der Waals surface area contributed by atoms with E-state index < -0.39 is 0 Å². The second kappa shape index (κ2) is 4.27. The number of ether oxygens (including phenoxy) is 1. The van der Waals surface area contributed by atoms with E-state index in [4.69, 9.17) is 4.74 Å². The molecule has 1 heteroatoms. The van der Waals surface area contributed by atoms with E-state index in [2.05, 4.69) is 41.5 Å². The Hall–Kier alpha value is -0.0400. The maximum absolute atomic E-state index is 5.72. The van der Waals surface area contributed by atoms with Crippen molar-refractivity contribution in [2.24, 2.45) is 17.8 Å². The van der Waals surface area contributed by atoms with Gasteiger partial charge in [-0.15, -0.1) is 0 Å². The maximum Gasteiger partial charge on any atom is 0.0746 e. The second-order valence-electron chi connectivity index (χ2n) is 4.52. The molecular weight excluding hydrogens is 148 g/mol. The summed E-state index contributed by atoms with van der Waals surface area (Å²) in [6.45, 7) is 13.4. The van der Waals surface area contributed by atoms with Crippen LogP contribution in [-0.2, 0) is 4.74 Å². The van der Waals surface area contributed by atoms with Gasteiger partial charge in [0.25, 0.3) is 0 Å². The molecule has 0 saturated carbocycles. The van der Waals surface area contributed by atoms with Gasteiger partial charge in [0, 0.05) is 7.11 Å². The molecule has 0 spiro atoms.